The molecule has 2 unspecified atom stereocenters. The molecule has 1 amide bonds. The quantitative estimate of drug-likeness (QED) is 0.0320. The van der Waals surface area contributed by atoms with Gasteiger partial charge < -0.3 is 20.3 Å². The number of aliphatic hydroxyl groups excluding tert-OH is 2. The first-order valence-electron chi connectivity index (χ1n) is 37.4. The molecule has 0 aliphatic carbocycles. The Labute approximate surface area is 518 Å². The van der Waals surface area contributed by atoms with Crippen molar-refractivity contribution >= 4 is 11.9 Å². The lowest BCUT2D eigenvalue weighted by Gasteiger charge is -2.20. The lowest BCUT2D eigenvalue weighted by molar-refractivity contribution is -0.143. The van der Waals surface area contributed by atoms with Crippen molar-refractivity contribution in [2.24, 2.45) is 0 Å². The highest BCUT2D eigenvalue weighted by atomic mass is 16.5. The normalized spacial score (nSPS) is 12.8. The number of unbranched alkanes of at least 4 members (excludes halogenated alkanes) is 53. The second-order valence-electron chi connectivity index (χ2n) is 25.6. The van der Waals surface area contributed by atoms with Crippen LogP contribution < -0.4 is 5.32 Å². The van der Waals surface area contributed by atoms with Gasteiger partial charge in [-0.25, -0.2) is 0 Å². The van der Waals surface area contributed by atoms with Crippen LogP contribution >= 0.6 is 0 Å². The molecule has 0 aliphatic heterocycles. The predicted molar refractivity (Wildman–Crippen MR) is 366 cm³/mol. The van der Waals surface area contributed by atoms with Crippen LogP contribution in [-0.4, -0.2) is 47.4 Å². The standard InChI is InChI=1S/C77H145NO5/c1-3-5-7-9-11-13-15-17-18-43-47-51-55-59-63-67-71-77(82)83-72-68-64-60-56-52-48-44-41-39-37-35-33-31-29-27-25-23-21-19-20-22-24-26-28-30-32-34-36-38-40-42-46-50-54-58-62-66-70-76(81)78-74(73-79)75(80)69-65-61-57-53-49-45-16-14-12-10-8-6-4-2/h18-19,21,25,27,43,65,69,74-75,79-80H,3-17,20,22-24,26,28-42,44-64,66-68,70-73H2,1-2H3,(H,78,81)/b21-19-,27-25-,43-18-,69-65+. The Balaban J connectivity index is 3.36. The molecule has 0 bridgehead atoms. The number of hydrogen-bond acceptors (Lipinski definition) is 5. The second-order valence-corrected chi connectivity index (χ2v) is 25.6. The van der Waals surface area contributed by atoms with Crippen LogP contribution in [0.2, 0.25) is 0 Å². The van der Waals surface area contributed by atoms with Gasteiger partial charge in [-0.05, 0) is 89.9 Å². The largest absolute Gasteiger partial charge is 0.466 e. The maximum absolute atomic E-state index is 12.5. The molecule has 83 heavy (non-hydrogen) atoms. The molecule has 0 spiro atoms. The maximum Gasteiger partial charge on any atom is 0.305 e. The molecule has 488 valence electrons. The summed E-state index contributed by atoms with van der Waals surface area (Å²) < 4.78 is 5.50. The minimum absolute atomic E-state index is 0.0114. The minimum Gasteiger partial charge on any atom is -0.466 e. The molecular weight excluding hydrogens is 1020 g/mol. The van der Waals surface area contributed by atoms with Crippen LogP contribution in [0.1, 0.15) is 406 Å². The van der Waals surface area contributed by atoms with Crippen molar-refractivity contribution in [3.8, 4) is 0 Å². The van der Waals surface area contributed by atoms with E-state index in [2.05, 4.69) is 55.6 Å². The fraction of sp³-hybridized carbons (Fsp3) is 0.870. The molecule has 0 radical (unpaired) electrons. The highest BCUT2D eigenvalue weighted by Crippen LogP contribution is 2.18. The van der Waals surface area contributed by atoms with Crippen LogP contribution in [0.4, 0.5) is 0 Å². The van der Waals surface area contributed by atoms with Crippen LogP contribution in [0, 0.1) is 0 Å². The van der Waals surface area contributed by atoms with Gasteiger partial charge >= 0.3 is 5.97 Å². The SMILES string of the molecule is CCCCCCCCC/C=C\CCCCCCCC(=O)OCCCCCCCCCCCCCCC/C=C\C/C=C\CCCCCCCCCCCCCCCCCCCC(=O)NC(CO)C(O)/C=C/CCCCCCCCCCCCC. The summed E-state index contributed by atoms with van der Waals surface area (Å²) >= 11 is 0. The Morgan fingerprint density at radius 1 is 0.337 bits per heavy atom. The molecule has 0 saturated heterocycles. The van der Waals surface area contributed by atoms with Crippen molar-refractivity contribution in [1.82, 2.24) is 5.32 Å². The van der Waals surface area contributed by atoms with Gasteiger partial charge in [0, 0.05) is 12.8 Å². The maximum atomic E-state index is 12.5. The van der Waals surface area contributed by atoms with Crippen LogP contribution in [-0.2, 0) is 14.3 Å². The Morgan fingerprint density at radius 3 is 0.928 bits per heavy atom. The number of nitrogens with one attached hydrogen (secondary N) is 1. The third kappa shape index (κ3) is 68.8. The number of hydrogen-bond donors (Lipinski definition) is 3. The van der Waals surface area contributed by atoms with E-state index in [4.69, 9.17) is 4.74 Å². The molecule has 0 rings (SSSR count). The zero-order valence-corrected chi connectivity index (χ0v) is 55.9. The van der Waals surface area contributed by atoms with Crippen molar-refractivity contribution in [2.45, 2.75) is 418 Å². The lowest BCUT2D eigenvalue weighted by Crippen LogP contribution is -2.45. The topological polar surface area (TPSA) is 95.9 Å². The van der Waals surface area contributed by atoms with E-state index in [1.165, 1.54) is 327 Å². The van der Waals surface area contributed by atoms with Gasteiger partial charge in [0.1, 0.15) is 0 Å². The predicted octanol–water partition coefficient (Wildman–Crippen LogP) is 24.4. The summed E-state index contributed by atoms with van der Waals surface area (Å²) in [5.74, 6) is -0.0527. The number of allylic oxidation sites excluding steroid dienone is 7. The van der Waals surface area contributed by atoms with E-state index in [1.54, 1.807) is 6.08 Å². The summed E-state index contributed by atoms with van der Waals surface area (Å²) in [6.07, 6.45) is 95.1. The minimum atomic E-state index is -0.842. The molecule has 0 fully saturated rings. The zero-order chi connectivity index (χ0) is 59.9. The van der Waals surface area contributed by atoms with Crippen LogP contribution in [0.25, 0.3) is 0 Å². The highest BCUT2D eigenvalue weighted by molar-refractivity contribution is 5.76. The van der Waals surface area contributed by atoms with Gasteiger partial charge in [-0.15, -0.1) is 0 Å². The van der Waals surface area contributed by atoms with E-state index >= 15 is 0 Å². The monoisotopic (exact) mass is 1160 g/mol. The summed E-state index contributed by atoms with van der Waals surface area (Å²) in [4.78, 5) is 24.6. The lowest BCUT2D eigenvalue weighted by atomic mass is 10.0. The molecule has 6 nitrogen and oxygen atoms in total. The first-order chi connectivity index (χ1) is 41.0. The summed E-state index contributed by atoms with van der Waals surface area (Å²) in [6, 6.07) is -0.625. The Bertz CT molecular complexity index is 1390. The number of carbonyl (C=O) groups excluding carboxylic acids is 2. The third-order valence-electron chi connectivity index (χ3n) is 17.3. The number of aliphatic hydroxyl groups is 2. The fourth-order valence-electron chi connectivity index (χ4n) is 11.6. The molecular formula is C77H145NO5. The molecule has 2 atom stereocenters. The van der Waals surface area contributed by atoms with Crippen molar-refractivity contribution in [1.29, 1.82) is 0 Å². The molecule has 0 aromatic carbocycles. The fourth-order valence-corrected chi connectivity index (χ4v) is 11.6. The van der Waals surface area contributed by atoms with Gasteiger partial charge in [0.05, 0.1) is 25.4 Å². The van der Waals surface area contributed by atoms with Gasteiger partial charge in [-0.3, -0.25) is 9.59 Å². The van der Waals surface area contributed by atoms with Crippen LogP contribution in [0.15, 0.2) is 48.6 Å². The van der Waals surface area contributed by atoms with E-state index in [-0.39, 0.29) is 18.5 Å². The van der Waals surface area contributed by atoms with E-state index in [1.807, 2.05) is 6.08 Å². The molecule has 6 heteroatoms. The number of esters is 1. The highest BCUT2D eigenvalue weighted by Gasteiger charge is 2.18. The number of amides is 1. The molecule has 0 aliphatic rings. The van der Waals surface area contributed by atoms with E-state index < -0.39 is 12.1 Å². The second kappa shape index (κ2) is 72.3. The summed E-state index contributed by atoms with van der Waals surface area (Å²) in [5.41, 5.74) is 0. The van der Waals surface area contributed by atoms with E-state index in [0.717, 1.165) is 51.4 Å². The average molecular weight is 1170 g/mol. The smallest absolute Gasteiger partial charge is 0.305 e. The van der Waals surface area contributed by atoms with E-state index in [0.29, 0.717) is 19.4 Å². The Morgan fingerprint density at radius 2 is 0.602 bits per heavy atom. The third-order valence-corrected chi connectivity index (χ3v) is 17.3. The number of rotatable bonds is 70. The summed E-state index contributed by atoms with van der Waals surface area (Å²) in [5, 5.41) is 23.1. The Kier molecular flexibility index (Phi) is 70.4. The van der Waals surface area contributed by atoms with Crippen LogP contribution in [0.3, 0.4) is 0 Å². The first-order valence-corrected chi connectivity index (χ1v) is 37.4. The van der Waals surface area contributed by atoms with E-state index in [9.17, 15) is 19.8 Å². The van der Waals surface area contributed by atoms with Gasteiger partial charge in [-0.1, -0.05) is 351 Å². The van der Waals surface area contributed by atoms with Gasteiger partial charge in [0.2, 0.25) is 5.91 Å². The molecule has 0 saturated carbocycles. The van der Waals surface area contributed by atoms with Crippen molar-refractivity contribution < 1.29 is 24.5 Å². The van der Waals surface area contributed by atoms with Crippen molar-refractivity contribution in [3.63, 3.8) is 0 Å². The number of ether oxygens (including phenoxy) is 1. The van der Waals surface area contributed by atoms with Gasteiger partial charge in [-0.2, -0.15) is 0 Å². The van der Waals surface area contributed by atoms with Gasteiger partial charge in [0.25, 0.3) is 0 Å². The summed E-state index contributed by atoms with van der Waals surface area (Å²) in [6.45, 7) is 4.92. The first kappa shape index (κ1) is 80.8. The van der Waals surface area contributed by atoms with Gasteiger partial charge in [0.15, 0.2) is 0 Å². The average Bonchev–Trinajstić information content (AvgIpc) is 3.49. The zero-order valence-electron chi connectivity index (χ0n) is 55.9. The molecule has 3 N–H and O–H groups in total. The van der Waals surface area contributed by atoms with Crippen molar-refractivity contribution in [2.75, 3.05) is 13.2 Å². The van der Waals surface area contributed by atoms with Crippen molar-refractivity contribution in [3.05, 3.63) is 48.6 Å². The molecule has 0 aromatic rings. The summed E-state index contributed by atoms with van der Waals surface area (Å²) in [7, 11) is 0. The molecule has 0 heterocycles. The van der Waals surface area contributed by atoms with Crippen LogP contribution in [0.5, 0.6) is 0 Å². The molecule has 0 aromatic heterocycles. The number of carbonyl (C=O) groups is 2. The Hall–Kier alpha value is -2.18.